The summed E-state index contributed by atoms with van der Waals surface area (Å²) in [6, 6.07) is 15.7. The molecule has 0 unspecified atom stereocenters. The summed E-state index contributed by atoms with van der Waals surface area (Å²) in [6.45, 7) is 1.78. The summed E-state index contributed by atoms with van der Waals surface area (Å²) in [6.07, 6.45) is -0.832. The Hall–Kier alpha value is -3.15. The SMILES string of the molecule is COc1ccc(N2C[C@@H](C(=O)O[C@@H](C)C(=O)c3ccccc3)CC2=O)cc1. The maximum absolute atomic E-state index is 12.4. The highest BCUT2D eigenvalue weighted by Gasteiger charge is 2.37. The highest BCUT2D eigenvalue weighted by atomic mass is 16.5. The maximum Gasteiger partial charge on any atom is 0.312 e. The monoisotopic (exact) mass is 367 g/mol. The number of Topliss-reactive ketones (excluding diaryl/α,β-unsaturated/α-hetero) is 1. The van der Waals surface area contributed by atoms with Crippen molar-refractivity contribution in [2.24, 2.45) is 5.92 Å². The number of amides is 1. The fourth-order valence-electron chi connectivity index (χ4n) is 3.04. The van der Waals surface area contributed by atoms with Crippen molar-refractivity contribution in [3.05, 3.63) is 60.2 Å². The van der Waals surface area contributed by atoms with E-state index in [1.807, 2.05) is 6.07 Å². The summed E-state index contributed by atoms with van der Waals surface area (Å²) in [5.74, 6) is -0.846. The van der Waals surface area contributed by atoms with Gasteiger partial charge in [0.2, 0.25) is 11.7 Å². The molecule has 0 aliphatic carbocycles. The third kappa shape index (κ3) is 4.16. The van der Waals surface area contributed by atoms with Crippen molar-refractivity contribution >= 4 is 23.3 Å². The largest absolute Gasteiger partial charge is 0.497 e. The van der Waals surface area contributed by atoms with Crippen molar-refractivity contribution < 1.29 is 23.9 Å². The molecule has 0 radical (unpaired) electrons. The van der Waals surface area contributed by atoms with Gasteiger partial charge >= 0.3 is 5.97 Å². The summed E-state index contributed by atoms with van der Waals surface area (Å²) in [4.78, 5) is 38.6. The lowest BCUT2D eigenvalue weighted by Gasteiger charge is -2.18. The Labute approximate surface area is 157 Å². The van der Waals surface area contributed by atoms with Crippen molar-refractivity contribution in [2.75, 3.05) is 18.6 Å². The number of esters is 1. The molecule has 0 N–H and O–H groups in total. The van der Waals surface area contributed by atoms with E-state index in [1.54, 1.807) is 67.5 Å². The Kier molecular flexibility index (Phi) is 5.54. The molecule has 0 spiro atoms. The van der Waals surface area contributed by atoms with Gasteiger partial charge in [-0.2, -0.15) is 0 Å². The first-order valence-electron chi connectivity index (χ1n) is 8.73. The van der Waals surface area contributed by atoms with E-state index in [4.69, 9.17) is 9.47 Å². The number of hydrogen-bond donors (Lipinski definition) is 0. The standard InChI is InChI=1S/C21H21NO5/c1-14(20(24)15-6-4-3-5-7-15)27-21(25)16-12-19(23)22(13-16)17-8-10-18(26-2)11-9-17/h3-11,14,16H,12-13H2,1-2H3/t14-,16-/m0/s1. The van der Waals surface area contributed by atoms with Gasteiger partial charge in [0.15, 0.2) is 6.10 Å². The zero-order chi connectivity index (χ0) is 19.4. The molecule has 2 aromatic rings. The van der Waals surface area contributed by atoms with Gasteiger partial charge in [-0.1, -0.05) is 30.3 Å². The highest BCUT2D eigenvalue weighted by Crippen LogP contribution is 2.27. The molecule has 0 aromatic heterocycles. The average molecular weight is 367 g/mol. The second-order valence-corrected chi connectivity index (χ2v) is 6.41. The number of ether oxygens (including phenoxy) is 2. The minimum atomic E-state index is -0.898. The minimum Gasteiger partial charge on any atom is -0.497 e. The summed E-state index contributed by atoms with van der Waals surface area (Å²) < 4.78 is 10.4. The van der Waals surface area contributed by atoms with Crippen LogP contribution in [0.5, 0.6) is 5.75 Å². The molecule has 2 aromatic carbocycles. The smallest absolute Gasteiger partial charge is 0.312 e. The van der Waals surface area contributed by atoms with Crippen LogP contribution < -0.4 is 9.64 Å². The Morgan fingerprint density at radius 1 is 1.07 bits per heavy atom. The van der Waals surface area contributed by atoms with Crippen molar-refractivity contribution in [3.8, 4) is 5.75 Å². The number of benzene rings is 2. The van der Waals surface area contributed by atoms with Crippen LogP contribution >= 0.6 is 0 Å². The third-order valence-electron chi connectivity index (χ3n) is 4.56. The van der Waals surface area contributed by atoms with Gasteiger partial charge < -0.3 is 14.4 Å². The number of rotatable bonds is 6. The second-order valence-electron chi connectivity index (χ2n) is 6.41. The normalized spacial score (nSPS) is 17.5. The first kappa shape index (κ1) is 18.6. The molecule has 1 saturated heterocycles. The number of ketones is 1. The highest BCUT2D eigenvalue weighted by molar-refractivity contribution is 6.02. The zero-order valence-corrected chi connectivity index (χ0v) is 15.3. The molecule has 2 atom stereocenters. The molecule has 1 heterocycles. The average Bonchev–Trinajstić information content (AvgIpc) is 3.10. The molecule has 27 heavy (non-hydrogen) atoms. The van der Waals surface area contributed by atoms with Gasteiger partial charge in [0.25, 0.3) is 0 Å². The lowest BCUT2D eigenvalue weighted by Crippen LogP contribution is -2.30. The van der Waals surface area contributed by atoms with Crippen molar-refractivity contribution in [2.45, 2.75) is 19.4 Å². The number of carbonyl (C=O) groups excluding carboxylic acids is 3. The van der Waals surface area contributed by atoms with E-state index in [0.717, 1.165) is 0 Å². The zero-order valence-electron chi connectivity index (χ0n) is 15.3. The van der Waals surface area contributed by atoms with Gasteiger partial charge in [-0.15, -0.1) is 0 Å². The number of methoxy groups -OCH3 is 1. The predicted octanol–water partition coefficient (Wildman–Crippen LogP) is 2.86. The van der Waals surface area contributed by atoms with E-state index in [0.29, 0.717) is 17.0 Å². The number of carbonyl (C=O) groups is 3. The number of nitrogens with zero attached hydrogens (tertiary/aromatic N) is 1. The summed E-state index contributed by atoms with van der Waals surface area (Å²) in [5.41, 5.74) is 1.18. The molecular formula is C21H21NO5. The van der Waals surface area contributed by atoms with Gasteiger partial charge in [-0.3, -0.25) is 14.4 Å². The van der Waals surface area contributed by atoms with Crippen LogP contribution in [0.4, 0.5) is 5.69 Å². The van der Waals surface area contributed by atoms with Gasteiger partial charge in [0, 0.05) is 24.2 Å². The summed E-state index contributed by atoms with van der Waals surface area (Å²) >= 11 is 0. The maximum atomic E-state index is 12.4. The van der Waals surface area contributed by atoms with Crippen molar-refractivity contribution in [3.63, 3.8) is 0 Å². The molecular weight excluding hydrogens is 346 g/mol. The van der Waals surface area contributed by atoms with Crippen LogP contribution in [0.25, 0.3) is 0 Å². The molecule has 6 nitrogen and oxygen atoms in total. The van der Waals surface area contributed by atoms with Crippen LogP contribution in [0, 0.1) is 5.92 Å². The van der Waals surface area contributed by atoms with E-state index in [9.17, 15) is 14.4 Å². The Morgan fingerprint density at radius 2 is 1.74 bits per heavy atom. The predicted molar refractivity (Wildman–Crippen MR) is 99.8 cm³/mol. The fourth-order valence-corrected chi connectivity index (χ4v) is 3.04. The number of hydrogen-bond acceptors (Lipinski definition) is 5. The Balaban J connectivity index is 1.62. The third-order valence-corrected chi connectivity index (χ3v) is 4.56. The molecule has 0 saturated carbocycles. The number of anilines is 1. The summed E-state index contributed by atoms with van der Waals surface area (Å²) in [7, 11) is 1.57. The second kappa shape index (κ2) is 8.03. The van der Waals surface area contributed by atoms with Crippen molar-refractivity contribution in [1.82, 2.24) is 0 Å². The molecule has 1 aliphatic heterocycles. The van der Waals surface area contributed by atoms with E-state index >= 15 is 0 Å². The lowest BCUT2D eigenvalue weighted by molar-refractivity contribution is -0.151. The van der Waals surface area contributed by atoms with E-state index < -0.39 is 18.0 Å². The van der Waals surface area contributed by atoms with Crippen molar-refractivity contribution in [1.29, 1.82) is 0 Å². The van der Waals surface area contributed by atoms with Crippen LogP contribution in [-0.4, -0.2) is 37.4 Å². The van der Waals surface area contributed by atoms with E-state index in [1.165, 1.54) is 0 Å². The van der Waals surface area contributed by atoms with Crippen LogP contribution in [0.2, 0.25) is 0 Å². The topological polar surface area (TPSA) is 72.9 Å². The van der Waals surface area contributed by atoms with Crippen LogP contribution in [0.1, 0.15) is 23.7 Å². The van der Waals surface area contributed by atoms with Gasteiger partial charge in [0.1, 0.15) is 5.75 Å². The Morgan fingerprint density at radius 3 is 2.37 bits per heavy atom. The van der Waals surface area contributed by atoms with Gasteiger partial charge in [0.05, 0.1) is 13.0 Å². The van der Waals surface area contributed by atoms with Crippen LogP contribution in [0.3, 0.4) is 0 Å². The van der Waals surface area contributed by atoms with Gasteiger partial charge in [-0.05, 0) is 31.2 Å². The minimum absolute atomic E-state index is 0.0666. The fraction of sp³-hybridized carbons (Fsp3) is 0.286. The molecule has 0 bridgehead atoms. The van der Waals surface area contributed by atoms with Gasteiger partial charge in [-0.25, -0.2) is 0 Å². The first-order chi connectivity index (χ1) is 13.0. The lowest BCUT2D eigenvalue weighted by atomic mass is 10.1. The van der Waals surface area contributed by atoms with Crippen LogP contribution in [-0.2, 0) is 14.3 Å². The molecule has 1 aliphatic rings. The van der Waals surface area contributed by atoms with E-state index in [-0.39, 0.29) is 24.7 Å². The Bertz CT molecular complexity index is 831. The molecule has 6 heteroatoms. The first-order valence-corrected chi connectivity index (χ1v) is 8.73. The molecule has 1 amide bonds. The molecule has 140 valence electrons. The molecule has 1 fully saturated rings. The summed E-state index contributed by atoms with van der Waals surface area (Å²) in [5, 5.41) is 0. The van der Waals surface area contributed by atoms with Crippen LogP contribution in [0.15, 0.2) is 54.6 Å². The molecule has 3 rings (SSSR count). The quantitative estimate of drug-likeness (QED) is 0.580. The van der Waals surface area contributed by atoms with E-state index in [2.05, 4.69) is 0 Å².